The standard InChI is InChI=1S/C11H9F3O/c1-2-3-8-4-6-9(7-5-8)10(15)11(12,13)14/h4-7,10,15H,1H3. The van der Waals surface area contributed by atoms with Gasteiger partial charge in [-0.15, -0.1) is 5.92 Å². The molecule has 1 aromatic carbocycles. The van der Waals surface area contributed by atoms with E-state index >= 15 is 0 Å². The Morgan fingerprint density at radius 3 is 2.13 bits per heavy atom. The van der Waals surface area contributed by atoms with Crippen LogP contribution in [0.1, 0.15) is 24.2 Å². The molecule has 1 atom stereocenters. The first kappa shape index (κ1) is 11.6. The summed E-state index contributed by atoms with van der Waals surface area (Å²) in [6, 6.07) is 5.33. The van der Waals surface area contributed by atoms with Crippen LogP contribution in [0.2, 0.25) is 0 Å². The Hall–Kier alpha value is -1.47. The van der Waals surface area contributed by atoms with Gasteiger partial charge in [0.15, 0.2) is 6.10 Å². The smallest absolute Gasteiger partial charge is 0.379 e. The molecule has 0 saturated carbocycles. The fraction of sp³-hybridized carbons (Fsp3) is 0.273. The summed E-state index contributed by atoms with van der Waals surface area (Å²) in [6.45, 7) is 1.64. The number of benzene rings is 1. The summed E-state index contributed by atoms with van der Waals surface area (Å²) in [5.74, 6) is 5.33. The monoisotopic (exact) mass is 214 g/mol. The van der Waals surface area contributed by atoms with Gasteiger partial charge in [-0.2, -0.15) is 13.2 Å². The van der Waals surface area contributed by atoms with Crippen molar-refractivity contribution >= 4 is 0 Å². The summed E-state index contributed by atoms with van der Waals surface area (Å²) in [6.07, 6.45) is -7.06. The van der Waals surface area contributed by atoms with Crippen LogP contribution in [0.25, 0.3) is 0 Å². The van der Waals surface area contributed by atoms with Crippen molar-refractivity contribution in [2.75, 3.05) is 0 Å². The molecule has 0 fully saturated rings. The predicted molar refractivity (Wildman–Crippen MR) is 50.0 cm³/mol. The van der Waals surface area contributed by atoms with E-state index in [0.29, 0.717) is 5.56 Å². The molecule has 0 aliphatic heterocycles. The van der Waals surface area contributed by atoms with E-state index in [1.807, 2.05) is 0 Å². The third-order valence-corrected chi connectivity index (χ3v) is 1.81. The molecule has 0 heterocycles. The van der Waals surface area contributed by atoms with Crippen LogP contribution in [-0.4, -0.2) is 11.3 Å². The van der Waals surface area contributed by atoms with Crippen molar-refractivity contribution in [2.45, 2.75) is 19.2 Å². The lowest BCUT2D eigenvalue weighted by Crippen LogP contribution is -2.20. The van der Waals surface area contributed by atoms with E-state index < -0.39 is 12.3 Å². The molecule has 0 saturated heterocycles. The van der Waals surface area contributed by atoms with Crippen LogP contribution in [0.15, 0.2) is 24.3 Å². The van der Waals surface area contributed by atoms with Crippen molar-refractivity contribution in [2.24, 2.45) is 0 Å². The second-order valence-electron chi connectivity index (χ2n) is 2.94. The van der Waals surface area contributed by atoms with E-state index in [1.54, 1.807) is 6.92 Å². The van der Waals surface area contributed by atoms with Crippen LogP contribution in [-0.2, 0) is 0 Å². The molecule has 1 N–H and O–H groups in total. The average Bonchev–Trinajstić information content (AvgIpc) is 2.17. The van der Waals surface area contributed by atoms with Crippen LogP contribution < -0.4 is 0 Å². The van der Waals surface area contributed by atoms with Crippen LogP contribution in [0.3, 0.4) is 0 Å². The Labute approximate surface area is 85.5 Å². The first-order valence-corrected chi connectivity index (χ1v) is 4.22. The molecule has 80 valence electrons. The first-order chi connectivity index (χ1) is 6.95. The number of hydrogen-bond acceptors (Lipinski definition) is 1. The van der Waals surface area contributed by atoms with E-state index in [1.165, 1.54) is 24.3 Å². The number of rotatable bonds is 1. The largest absolute Gasteiger partial charge is 0.418 e. The van der Waals surface area contributed by atoms with Gasteiger partial charge in [0.05, 0.1) is 0 Å². The average molecular weight is 214 g/mol. The molecular formula is C11H9F3O. The Morgan fingerprint density at radius 1 is 1.20 bits per heavy atom. The second-order valence-corrected chi connectivity index (χ2v) is 2.94. The Bertz CT molecular complexity index is 381. The maximum Gasteiger partial charge on any atom is 0.418 e. The number of alkyl halides is 3. The highest BCUT2D eigenvalue weighted by Gasteiger charge is 2.39. The van der Waals surface area contributed by atoms with Gasteiger partial charge in [-0.25, -0.2) is 0 Å². The van der Waals surface area contributed by atoms with Gasteiger partial charge < -0.3 is 5.11 Å². The predicted octanol–water partition coefficient (Wildman–Crippen LogP) is 2.65. The van der Waals surface area contributed by atoms with E-state index in [-0.39, 0.29) is 5.56 Å². The highest BCUT2D eigenvalue weighted by molar-refractivity contribution is 5.36. The molecule has 1 aromatic rings. The fourth-order valence-electron chi connectivity index (χ4n) is 1.08. The Balaban J connectivity index is 2.92. The lowest BCUT2D eigenvalue weighted by Gasteiger charge is -2.14. The van der Waals surface area contributed by atoms with E-state index in [0.717, 1.165) is 0 Å². The number of aliphatic hydroxyl groups is 1. The van der Waals surface area contributed by atoms with Gasteiger partial charge in [0.2, 0.25) is 0 Å². The summed E-state index contributed by atoms with van der Waals surface area (Å²) >= 11 is 0. The van der Waals surface area contributed by atoms with Crippen LogP contribution >= 0.6 is 0 Å². The second kappa shape index (κ2) is 4.37. The summed E-state index contributed by atoms with van der Waals surface area (Å²) in [5.41, 5.74) is 0.444. The fourth-order valence-corrected chi connectivity index (χ4v) is 1.08. The van der Waals surface area contributed by atoms with Crippen molar-refractivity contribution in [1.82, 2.24) is 0 Å². The van der Waals surface area contributed by atoms with Crippen molar-refractivity contribution in [1.29, 1.82) is 0 Å². The molecule has 0 spiro atoms. The summed E-state index contributed by atoms with van der Waals surface area (Å²) in [5, 5.41) is 8.92. The zero-order valence-electron chi connectivity index (χ0n) is 7.97. The number of hydrogen-bond donors (Lipinski definition) is 1. The van der Waals surface area contributed by atoms with E-state index in [9.17, 15) is 13.2 Å². The minimum atomic E-state index is -4.63. The highest BCUT2D eigenvalue weighted by atomic mass is 19.4. The minimum Gasteiger partial charge on any atom is -0.379 e. The number of aliphatic hydroxyl groups excluding tert-OH is 1. The summed E-state index contributed by atoms with van der Waals surface area (Å²) in [7, 11) is 0. The molecule has 0 aliphatic rings. The first-order valence-electron chi connectivity index (χ1n) is 4.22. The van der Waals surface area contributed by atoms with Crippen molar-refractivity contribution in [3.63, 3.8) is 0 Å². The molecular weight excluding hydrogens is 205 g/mol. The molecule has 0 aliphatic carbocycles. The quantitative estimate of drug-likeness (QED) is 0.712. The third-order valence-electron chi connectivity index (χ3n) is 1.81. The molecule has 0 radical (unpaired) electrons. The molecule has 1 rings (SSSR count). The molecule has 1 unspecified atom stereocenters. The van der Waals surface area contributed by atoms with Crippen LogP contribution in [0, 0.1) is 11.8 Å². The van der Waals surface area contributed by atoms with Gasteiger partial charge in [0, 0.05) is 5.56 Å². The lowest BCUT2D eigenvalue weighted by atomic mass is 10.1. The Kier molecular flexibility index (Phi) is 3.38. The molecule has 0 amide bonds. The lowest BCUT2D eigenvalue weighted by molar-refractivity contribution is -0.206. The summed E-state index contributed by atoms with van der Waals surface area (Å²) in [4.78, 5) is 0. The zero-order valence-corrected chi connectivity index (χ0v) is 7.97. The Morgan fingerprint density at radius 2 is 1.73 bits per heavy atom. The van der Waals surface area contributed by atoms with Gasteiger partial charge in [-0.1, -0.05) is 18.1 Å². The van der Waals surface area contributed by atoms with Crippen molar-refractivity contribution in [3.05, 3.63) is 35.4 Å². The molecule has 4 heteroatoms. The maximum absolute atomic E-state index is 12.1. The van der Waals surface area contributed by atoms with Gasteiger partial charge in [-0.05, 0) is 24.6 Å². The maximum atomic E-state index is 12.1. The van der Waals surface area contributed by atoms with Gasteiger partial charge >= 0.3 is 6.18 Å². The third kappa shape index (κ3) is 3.00. The zero-order chi connectivity index (χ0) is 11.5. The minimum absolute atomic E-state index is 0.177. The van der Waals surface area contributed by atoms with Crippen molar-refractivity contribution in [3.8, 4) is 11.8 Å². The molecule has 0 bridgehead atoms. The van der Waals surface area contributed by atoms with E-state index in [2.05, 4.69) is 11.8 Å². The normalized spacial score (nSPS) is 12.9. The van der Waals surface area contributed by atoms with Gasteiger partial charge in [0.25, 0.3) is 0 Å². The van der Waals surface area contributed by atoms with Gasteiger partial charge in [0.1, 0.15) is 0 Å². The molecule has 0 aromatic heterocycles. The molecule has 15 heavy (non-hydrogen) atoms. The van der Waals surface area contributed by atoms with Crippen LogP contribution in [0.5, 0.6) is 0 Å². The number of halogens is 3. The van der Waals surface area contributed by atoms with Crippen LogP contribution in [0.4, 0.5) is 13.2 Å². The van der Waals surface area contributed by atoms with Gasteiger partial charge in [-0.3, -0.25) is 0 Å². The topological polar surface area (TPSA) is 20.2 Å². The van der Waals surface area contributed by atoms with E-state index in [4.69, 9.17) is 5.11 Å². The SMILES string of the molecule is CC#Cc1ccc(C(O)C(F)(F)F)cc1. The summed E-state index contributed by atoms with van der Waals surface area (Å²) < 4.78 is 36.3. The highest BCUT2D eigenvalue weighted by Crippen LogP contribution is 2.32. The molecule has 1 nitrogen and oxygen atoms in total. The van der Waals surface area contributed by atoms with Crippen molar-refractivity contribution < 1.29 is 18.3 Å².